The van der Waals surface area contributed by atoms with Crippen molar-refractivity contribution >= 4 is 16.9 Å². The van der Waals surface area contributed by atoms with Crippen LogP contribution in [0.5, 0.6) is 5.75 Å². The van der Waals surface area contributed by atoms with E-state index in [9.17, 15) is 28.2 Å². The summed E-state index contributed by atoms with van der Waals surface area (Å²) in [5.41, 5.74) is 0.322. The van der Waals surface area contributed by atoms with Gasteiger partial charge in [0, 0.05) is 24.2 Å². The van der Waals surface area contributed by atoms with Gasteiger partial charge in [-0.1, -0.05) is 0 Å². The number of aryl methyl sites for hydroxylation is 1. The van der Waals surface area contributed by atoms with Crippen LogP contribution in [0.25, 0.3) is 10.9 Å². The molecule has 0 spiro atoms. The first kappa shape index (κ1) is 15.2. The molecule has 0 atom stereocenters. The van der Waals surface area contributed by atoms with Crippen LogP contribution in [0.3, 0.4) is 0 Å². The predicted octanol–water partition coefficient (Wildman–Crippen LogP) is 2.10. The molecule has 1 aromatic carbocycles. The lowest BCUT2D eigenvalue weighted by atomic mass is 10.1. The minimum absolute atomic E-state index is 0.200. The van der Waals surface area contributed by atoms with Crippen molar-refractivity contribution in [1.82, 2.24) is 4.57 Å². The molecule has 0 unspecified atom stereocenters. The zero-order valence-corrected chi connectivity index (χ0v) is 10.9. The van der Waals surface area contributed by atoms with E-state index in [1.165, 1.54) is 22.9 Å². The molecule has 1 aromatic heterocycles. The number of halogens is 3. The van der Waals surface area contributed by atoms with Gasteiger partial charge < -0.3 is 19.5 Å². The van der Waals surface area contributed by atoms with Crippen molar-refractivity contribution in [2.24, 2.45) is 7.05 Å². The minimum Gasteiger partial charge on any atom is -0.507 e. The minimum atomic E-state index is -4.65. The van der Waals surface area contributed by atoms with Crippen LogP contribution in [-0.2, 0) is 18.4 Å². The van der Waals surface area contributed by atoms with Crippen LogP contribution in [-0.4, -0.2) is 33.5 Å². The molecule has 2 rings (SSSR count). The Hall–Kier alpha value is -2.22. The quantitative estimate of drug-likeness (QED) is 0.852. The van der Waals surface area contributed by atoms with E-state index in [4.69, 9.17) is 0 Å². The zero-order chi connectivity index (χ0) is 15.8. The molecule has 0 saturated heterocycles. The van der Waals surface area contributed by atoms with Crippen molar-refractivity contribution < 1.29 is 32.9 Å². The summed E-state index contributed by atoms with van der Waals surface area (Å²) in [5, 5.41) is 19.4. The van der Waals surface area contributed by atoms with Gasteiger partial charge in [0.25, 0.3) is 0 Å². The predicted molar refractivity (Wildman–Crippen MR) is 66.8 cm³/mol. The number of aliphatic hydroxyl groups excluding tert-OH is 1. The summed E-state index contributed by atoms with van der Waals surface area (Å²) in [6, 6.07) is 2.64. The van der Waals surface area contributed by atoms with E-state index in [0.29, 0.717) is 10.9 Å². The van der Waals surface area contributed by atoms with Crippen LogP contribution in [0.2, 0.25) is 0 Å². The molecule has 0 saturated carbocycles. The SMILES string of the molecule is Cn1cc(CO)c2ccc(O)c(C(=O)OCC(F)(F)F)c21. The molecule has 8 heteroatoms. The number of fused-ring (bicyclic) bond motifs is 1. The second-order valence-corrected chi connectivity index (χ2v) is 4.47. The number of rotatable bonds is 3. The van der Waals surface area contributed by atoms with Crippen molar-refractivity contribution in [3.05, 3.63) is 29.5 Å². The maximum absolute atomic E-state index is 12.1. The number of hydrogen-bond acceptors (Lipinski definition) is 4. The Morgan fingerprint density at radius 1 is 1.38 bits per heavy atom. The van der Waals surface area contributed by atoms with Gasteiger partial charge in [-0.25, -0.2) is 4.79 Å². The molecular weight excluding hydrogens is 291 g/mol. The fourth-order valence-electron chi connectivity index (χ4n) is 2.12. The fourth-order valence-corrected chi connectivity index (χ4v) is 2.12. The van der Waals surface area contributed by atoms with E-state index in [1.807, 2.05) is 0 Å². The van der Waals surface area contributed by atoms with Crippen LogP contribution in [0.15, 0.2) is 18.3 Å². The van der Waals surface area contributed by atoms with E-state index >= 15 is 0 Å². The van der Waals surface area contributed by atoms with Crippen LogP contribution < -0.4 is 0 Å². The number of carbonyl (C=O) groups is 1. The highest BCUT2D eigenvalue weighted by molar-refractivity contribution is 6.06. The maximum atomic E-state index is 12.1. The van der Waals surface area contributed by atoms with Gasteiger partial charge in [0.1, 0.15) is 11.3 Å². The molecule has 21 heavy (non-hydrogen) atoms. The molecule has 0 amide bonds. The number of aliphatic hydroxyl groups is 1. The number of ether oxygens (including phenoxy) is 1. The van der Waals surface area contributed by atoms with E-state index < -0.39 is 24.5 Å². The van der Waals surface area contributed by atoms with Gasteiger partial charge in [0.05, 0.1) is 12.1 Å². The number of phenolic OH excluding ortho intramolecular Hbond substituents is 1. The molecule has 0 bridgehead atoms. The number of nitrogens with zero attached hydrogens (tertiary/aromatic N) is 1. The van der Waals surface area contributed by atoms with Crippen molar-refractivity contribution in [3.63, 3.8) is 0 Å². The normalized spacial score (nSPS) is 11.9. The van der Waals surface area contributed by atoms with Gasteiger partial charge in [0.15, 0.2) is 6.61 Å². The van der Waals surface area contributed by atoms with Gasteiger partial charge >= 0.3 is 12.1 Å². The molecule has 2 aromatic rings. The van der Waals surface area contributed by atoms with Gasteiger partial charge in [-0.3, -0.25) is 0 Å². The second-order valence-electron chi connectivity index (χ2n) is 4.47. The molecule has 1 heterocycles. The van der Waals surface area contributed by atoms with E-state index in [-0.39, 0.29) is 17.7 Å². The summed E-state index contributed by atoms with van der Waals surface area (Å²) in [7, 11) is 1.54. The Bertz CT molecular complexity index is 691. The van der Waals surface area contributed by atoms with Crippen molar-refractivity contribution in [2.75, 3.05) is 6.61 Å². The lowest BCUT2D eigenvalue weighted by Crippen LogP contribution is -2.20. The highest BCUT2D eigenvalue weighted by Crippen LogP contribution is 2.31. The Labute approximate surface area is 117 Å². The number of alkyl halides is 3. The summed E-state index contributed by atoms with van der Waals surface area (Å²) in [6.45, 7) is -2.04. The van der Waals surface area contributed by atoms with E-state index in [1.54, 1.807) is 7.05 Å². The molecule has 0 radical (unpaired) electrons. The van der Waals surface area contributed by atoms with Gasteiger partial charge in [-0.2, -0.15) is 13.2 Å². The number of phenols is 1. The standard InChI is InChI=1S/C13H12F3NO4/c1-17-4-7(5-18)8-2-3-9(19)10(11(8)17)12(20)21-6-13(14,15)16/h2-4,18-19H,5-6H2,1H3. The van der Waals surface area contributed by atoms with Crippen molar-refractivity contribution in [3.8, 4) is 5.75 Å². The first-order valence-electron chi connectivity index (χ1n) is 5.89. The summed E-state index contributed by atoms with van der Waals surface area (Å²) >= 11 is 0. The summed E-state index contributed by atoms with van der Waals surface area (Å²) in [6.07, 6.45) is -3.13. The summed E-state index contributed by atoms with van der Waals surface area (Å²) < 4.78 is 41.9. The summed E-state index contributed by atoms with van der Waals surface area (Å²) in [5.74, 6) is -1.76. The monoisotopic (exact) mass is 303 g/mol. The smallest absolute Gasteiger partial charge is 0.422 e. The average molecular weight is 303 g/mol. The first-order valence-corrected chi connectivity index (χ1v) is 5.89. The molecule has 0 aliphatic rings. The number of benzene rings is 1. The van der Waals surface area contributed by atoms with Crippen LogP contribution in [0.4, 0.5) is 13.2 Å². The van der Waals surface area contributed by atoms with E-state index in [2.05, 4.69) is 4.74 Å². The number of carbonyl (C=O) groups excluding carboxylic acids is 1. The third-order valence-corrected chi connectivity index (χ3v) is 2.95. The average Bonchev–Trinajstić information content (AvgIpc) is 2.72. The van der Waals surface area contributed by atoms with Gasteiger partial charge in [0.2, 0.25) is 0 Å². The Kier molecular flexibility index (Phi) is 3.82. The van der Waals surface area contributed by atoms with E-state index in [0.717, 1.165) is 0 Å². The number of aromatic hydroxyl groups is 1. The molecule has 2 N–H and O–H groups in total. The zero-order valence-electron chi connectivity index (χ0n) is 10.9. The van der Waals surface area contributed by atoms with Crippen LogP contribution >= 0.6 is 0 Å². The highest BCUT2D eigenvalue weighted by Gasteiger charge is 2.31. The number of esters is 1. The molecule has 0 fully saturated rings. The second kappa shape index (κ2) is 5.28. The topological polar surface area (TPSA) is 71.7 Å². The summed E-state index contributed by atoms with van der Waals surface area (Å²) in [4.78, 5) is 11.8. The van der Waals surface area contributed by atoms with Gasteiger partial charge in [-0.05, 0) is 12.1 Å². The fraction of sp³-hybridized carbons (Fsp3) is 0.308. The third-order valence-electron chi connectivity index (χ3n) is 2.95. The largest absolute Gasteiger partial charge is 0.507 e. The van der Waals surface area contributed by atoms with Crippen molar-refractivity contribution in [1.29, 1.82) is 0 Å². The Morgan fingerprint density at radius 2 is 2.05 bits per heavy atom. The Morgan fingerprint density at radius 3 is 2.62 bits per heavy atom. The van der Waals surface area contributed by atoms with Crippen molar-refractivity contribution in [2.45, 2.75) is 12.8 Å². The third kappa shape index (κ3) is 2.94. The molecular formula is C13H12F3NO4. The molecule has 0 aliphatic carbocycles. The maximum Gasteiger partial charge on any atom is 0.422 e. The lowest BCUT2D eigenvalue weighted by Gasteiger charge is -2.10. The molecule has 5 nitrogen and oxygen atoms in total. The van der Waals surface area contributed by atoms with Gasteiger partial charge in [-0.15, -0.1) is 0 Å². The lowest BCUT2D eigenvalue weighted by molar-refractivity contribution is -0.161. The number of hydrogen-bond donors (Lipinski definition) is 2. The number of aromatic nitrogens is 1. The van der Waals surface area contributed by atoms with Crippen LogP contribution in [0, 0.1) is 0 Å². The highest BCUT2D eigenvalue weighted by atomic mass is 19.4. The van der Waals surface area contributed by atoms with Crippen LogP contribution in [0.1, 0.15) is 15.9 Å². The molecule has 114 valence electrons. The first-order chi connectivity index (χ1) is 9.74. The molecule has 0 aliphatic heterocycles. The Balaban J connectivity index is 2.50.